The topological polar surface area (TPSA) is 63.7 Å². The van der Waals surface area contributed by atoms with Crippen LogP contribution < -0.4 is 0 Å². The second-order valence-electron chi connectivity index (χ2n) is 5.45. The van der Waals surface area contributed by atoms with E-state index < -0.39 is 10.0 Å². The van der Waals surface area contributed by atoms with Crippen LogP contribution in [-0.2, 0) is 19.6 Å². The Balaban J connectivity index is 2.14. The lowest BCUT2D eigenvalue weighted by Crippen LogP contribution is -2.40. The first-order valence-electron chi connectivity index (χ1n) is 7.01. The van der Waals surface area contributed by atoms with Gasteiger partial charge in [0.2, 0.25) is 10.0 Å². The minimum atomic E-state index is -3.48. The van der Waals surface area contributed by atoms with Crippen molar-refractivity contribution < 1.29 is 17.9 Å². The van der Waals surface area contributed by atoms with Crippen LogP contribution in [0.4, 0.5) is 0 Å². The van der Waals surface area contributed by atoms with Gasteiger partial charge in [0.15, 0.2) is 0 Å². The third kappa shape index (κ3) is 3.27. The average Bonchev–Trinajstić information content (AvgIpc) is 2.49. The van der Waals surface area contributed by atoms with Crippen LogP contribution in [0, 0.1) is 19.8 Å². The van der Waals surface area contributed by atoms with Crippen molar-refractivity contribution in [1.82, 2.24) is 4.31 Å². The molecule has 0 radical (unpaired) electrons. The highest BCUT2D eigenvalue weighted by Gasteiger charge is 2.32. The summed E-state index contributed by atoms with van der Waals surface area (Å²) in [6.45, 7) is 4.56. The molecule has 1 aliphatic rings. The van der Waals surface area contributed by atoms with Gasteiger partial charge in [-0.05, 0) is 49.9 Å². The highest BCUT2D eigenvalue weighted by Crippen LogP contribution is 2.25. The minimum absolute atomic E-state index is 0.193. The van der Waals surface area contributed by atoms with E-state index >= 15 is 0 Å². The van der Waals surface area contributed by atoms with Crippen molar-refractivity contribution in [3.05, 3.63) is 29.3 Å². The highest BCUT2D eigenvalue weighted by molar-refractivity contribution is 7.89. The molecule has 0 bridgehead atoms. The number of aryl methyl sites for hydroxylation is 2. The summed E-state index contributed by atoms with van der Waals surface area (Å²) in [5.74, 6) is -0.445. The zero-order valence-corrected chi connectivity index (χ0v) is 13.4. The van der Waals surface area contributed by atoms with E-state index in [4.69, 9.17) is 4.74 Å². The molecule has 1 heterocycles. The molecular weight excluding hydrogens is 290 g/mol. The third-order valence-corrected chi connectivity index (χ3v) is 6.00. The van der Waals surface area contributed by atoms with Crippen molar-refractivity contribution in [3.8, 4) is 0 Å². The van der Waals surface area contributed by atoms with Crippen LogP contribution in [0.3, 0.4) is 0 Å². The van der Waals surface area contributed by atoms with Gasteiger partial charge < -0.3 is 4.74 Å². The molecule has 0 aromatic heterocycles. The van der Waals surface area contributed by atoms with Crippen LogP contribution >= 0.6 is 0 Å². The van der Waals surface area contributed by atoms with Gasteiger partial charge in [0, 0.05) is 13.1 Å². The van der Waals surface area contributed by atoms with Crippen LogP contribution in [0.15, 0.2) is 23.1 Å². The summed E-state index contributed by atoms with van der Waals surface area (Å²) in [7, 11) is -2.11. The molecule has 1 aromatic carbocycles. The van der Waals surface area contributed by atoms with E-state index in [9.17, 15) is 13.2 Å². The molecule has 1 aromatic rings. The number of ether oxygens (including phenoxy) is 1. The summed E-state index contributed by atoms with van der Waals surface area (Å²) in [5.41, 5.74) is 2.03. The van der Waals surface area contributed by atoms with Crippen molar-refractivity contribution in [2.75, 3.05) is 20.2 Å². The van der Waals surface area contributed by atoms with Crippen molar-refractivity contribution in [3.63, 3.8) is 0 Å². The maximum Gasteiger partial charge on any atom is 0.308 e. The number of benzene rings is 1. The number of rotatable bonds is 3. The fourth-order valence-corrected chi connectivity index (χ4v) is 4.08. The number of carbonyl (C=O) groups excluding carboxylic acids is 1. The Morgan fingerprint density at radius 1 is 1.19 bits per heavy atom. The molecule has 1 saturated heterocycles. The molecule has 1 fully saturated rings. The van der Waals surface area contributed by atoms with Gasteiger partial charge in [0.1, 0.15) is 0 Å². The van der Waals surface area contributed by atoms with Gasteiger partial charge in [-0.25, -0.2) is 8.42 Å². The monoisotopic (exact) mass is 311 g/mol. The predicted octanol–water partition coefficient (Wildman–Crippen LogP) is 1.88. The zero-order chi connectivity index (χ0) is 15.6. The molecule has 21 heavy (non-hydrogen) atoms. The zero-order valence-electron chi connectivity index (χ0n) is 12.6. The first kappa shape index (κ1) is 16.0. The summed E-state index contributed by atoms with van der Waals surface area (Å²) in [6, 6.07) is 5.17. The summed E-state index contributed by atoms with van der Waals surface area (Å²) in [4.78, 5) is 11.8. The number of piperidine rings is 1. The molecule has 6 heteroatoms. The summed E-state index contributed by atoms with van der Waals surface area (Å²) in [6.07, 6.45) is 1.02. The SMILES string of the molecule is COC(=O)C1CCN(S(=O)(=O)c2ccc(C)c(C)c2)CC1. The van der Waals surface area contributed by atoms with Crippen molar-refractivity contribution in [1.29, 1.82) is 0 Å². The number of hydrogen-bond acceptors (Lipinski definition) is 4. The van der Waals surface area contributed by atoms with Crippen molar-refractivity contribution >= 4 is 16.0 Å². The number of esters is 1. The largest absolute Gasteiger partial charge is 0.469 e. The molecule has 0 saturated carbocycles. The lowest BCUT2D eigenvalue weighted by Gasteiger charge is -2.30. The first-order chi connectivity index (χ1) is 9.86. The molecule has 0 unspecified atom stereocenters. The molecule has 2 rings (SSSR count). The number of sulfonamides is 1. The van der Waals surface area contributed by atoms with Gasteiger partial charge in [0.05, 0.1) is 17.9 Å². The van der Waals surface area contributed by atoms with Crippen LogP contribution in [0.2, 0.25) is 0 Å². The van der Waals surface area contributed by atoms with Gasteiger partial charge in [-0.1, -0.05) is 6.07 Å². The Kier molecular flexibility index (Phi) is 4.68. The second kappa shape index (κ2) is 6.15. The van der Waals surface area contributed by atoms with E-state index in [-0.39, 0.29) is 11.9 Å². The number of carbonyl (C=O) groups is 1. The molecular formula is C15H21NO4S. The summed E-state index contributed by atoms with van der Waals surface area (Å²) in [5, 5.41) is 0. The lowest BCUT2D eigenvalue weighted by atomic mass is 9.99. The fourth-order valence-electron chi connectivity index (χ4n) is 2.52. The van der Waals surface area contributed by atoms with Crippen molar-refractivity contribution in [2.45, 2.75) is 31.6 Å². The van der Waals surface area contributed by atoms with Crippen molar-refractivity contribution in [2.24, 2.45) is 5.92 Å². The minimum Gasteiger partial charge on any atom is -0.469 e. The first-order valence-corrected chi connectivity index (χ1v) is 8.45. The molecule has 0 N–H and O–H groups in total. The van der Waals surface area contributed by atoms with E-state index in [1.165, 1.54) is 11.4 Å². The Bertz CT molecular complexity index is 631. The highest BCUT2D eigenvalue weighted by atomic mass is 32.2. The molecule has 0 aliphatic carbocycles. The van der Waals surface area contributed by atoms with E-state index in [1.54, 1.807) is 12.1 Å². The Labute approximate surface area is 126 Å². The Morgan fingerprint density at radius 3 is 2.33 bits per heavy atom. The third-order valence-electron chi connectivity index (χ3n) is 4.10. The molecule has 5 nitrogen and oxygen atoms in total. The Morgan fingerprint density at radius 2 is 1.81 bits per heavy atom. The molecule has 116 valence electrons. The quantitative estimate of drug-likeness (QED) is 0.800. The smallest absolute Gasteiger partial charge is 0.308 e. The van der Waals surface area contributed by atoms with Gasteiger partial charge in [-0.3, -0.25) is 4.79 Å². The number of nitrogens with zero attached hydrogens (tertiary/aromatic N) is 1. The van der Waals surface area contributed by atoms with Gasteiger partial charge >= 0.3 is 5.97 Å². The van der Waals surface area contributed by atoms with E-state index in [0.29, 0.717) is 30.8 Å². The average molecular weight is 311 g/mol. The second-order valence-corrected chi connectivity index (χ2v) is 7.39. The maximum atomic E-state index is 12.6. The predicted molar refractivity (Wildman–Crippen MR) is 79.4 cm³/mol. The van der Waals surface area contributed by atoms with Crippen LogP contribution in [-0.4, -0.2) is 38.9 Å². The standard InChI is InChI=1S/C15H21NO4S/c1-11-4-5-14(10-12(11)2)21(18,19)16-8-6-13(7-9-16)15(17)20-3/h4-5,10,13H,6-9H2,1-3H3. The van der Waals surface area contributed by atoms with Crippen LogP contribution in [0.1, 0.15) is 24.0 Å². The molecule has 0 atom stereocenters. The summed E-state index contributed by atoms with van der Waals surface area (Å²) >= 11 is 0. The van der Waals surface area contributed by atoms with E-state index in [1.807, 2.05) is 19.9 Å². The normalized spacial score (nSPS) is 17.7. The Hall–Kier alpha value is -1.40. The van der Waals surface area contributed by atoms with Gasteiger partial charge in [0.25, 0.3) is 0 Å². The fraction of sp³-hybridized carbons (Fsp3) is 0.533. The van der Waals surface area contributed by atoms with Crippen LogP contribution in [0.5, 0.6) is 0 Å². The van der Waals surface area contributed by atoms with E-state index in [0.717, 1.165) is 11.1 Å². The van der Waals surface area contributed by atoms with Gasteiger partial charge in [-0.2, -0.15) is 4.31 Å². The molecule has 1 aliphatic heterocycles. The molecule has 0 spiro atoms. The van der Waals surface area contributed by atoms with E-state index in [2.05, 4.69) is 0 Å². The maximum absolute atomic E-state index is 12.6. The van der Waals surface area contributed by atoms with Crippen LogP contribution in [0.25, 0.3) is 0 Å². The number of methoxy groups -OCH3 is 1. The molecule has 0 amide bonds. The lowest BCUT2D eigenvalue weighted by molar-refractivity contribution is -0.146. The number of hydrogen-bond donors (Lipinski definition) is 0. The summed E-state index contributed by atoms with van der Waals surface area (Å²) < 4.78 is 31.4. The van der Waals surface area contributed by atoms with Gasteiger partial charge in [-0.15, -0.1) is 0 Å².